The lowest BCUT2D eigenvalue weighted by Crippen LogP contribution is -2.11. The highest BCUT2D eigenvalue weighted by atomic mass is 79.9. The largest absolute Gasteiger partial charge is 0.483 e. The molecule has 106 valence electrons. The number of para-hydroxylation sites is 1. The summed E-state index contributed by atoms with van der Waals surface area (Å²) in [6, 6.07) is 11.5. The Morgan fingerprint density at radius 1 is 1.29 bits per heavy atom. The lowest BCUT2D eigenvalue weighted by atomic mass is 10.2. The first kappa shape index (κ1) is 14.2. The number of pyridine rings is 1. The zero-order chi connectivity index (χ0) is 14.8. The smallest absolute Gasteiger partial charge is 0.211 e. The van der Waals surface area contributed by atoms with Crippen molar-refractivity contribution in [2.24, 2.45) is 0 Å². The second kappa shape index (κ2) is 5.95. The van der Waals surface area contributed by atoms with Gasteiger partial charge in [-0.05, 0) is 46.4 Å². The summed E-state index contributed by atoms with van der Waals surface area (Å²) in [5.41, 5.74) is 1.71. The molecule has 2 heterocycles. The van der Waals surface area contributed by atoms with Gasteiger partial charge in [0.1, 0.15) is 11.3 Å². The molecule has 3 rings (SSSR count). The molecule has 3 aromatic rings. The lowest BCUT2D eigenvalue weighted by molar-refractivity contribution is 0.0926. The second-order valence-corrected chi connectivity index (χ2v) is 6.36. The van der Waals surface area contributed by atoms with Crippen LogP contribution in [0.15, 0.2) is 46.3 Å². The number of Topliss-reactive ketones (excluding diaryl/α,β-unsaturated/α-hetero) is 1. The van der Waals surface area contributed by atoms with Gasteiger partial charge in [-0.3, -0.25) is 4.79 Å². The third-order valence-corrected chi connectivity index (χ3v) is 4.93. The summed E-state index contributed by atoms with van der Waals surface area (Å²) in [5, 5.41) is 2.88. The summed E-state index contributed by atoms with van der Waals surface area (Å²) in [4.78, 5) is 17.3. The van der Waals surface area contributed by atoms with Gasteiger partial charge in [0.05, 0.1) is 4.88 Å². The van der Waals surface area contributed by atoms with Crippen molar-refractivity contribution in [1.82, 2.24) is 4.98 Å². The highest BCUT2D eigenvalue weighted by Gasteiger charge is 2.13. The summed E-state index contributed by atoms with van der Waals surface area (Å²) in [6.07, 6.45) is 0. The fraction of sp³-hybridized carbons (Fsp3) is 0.125. The monoisotopic (exact) mass is 361 g/mol. The van der Waals surface area contributed by atoms with Gasteiger partial charge in [0, 0.05) is 15.6 Å². The number of carbonyl (C=O) groups is 1. The second-order valence-electron chi connectivity index (χ2n) is 4.59. The average Bonchev–Trinajstić information content (AvgIpc) is 2.91. The summed E-state index contributed by atoms with van der Waals surface area (Å²) in [6.45, 7) is 1.94. The minimum Gasteiger partial charge on any atom is -0.483 e. The number of halogens is 1. The Bertz CT molecular complexity index is 813. The van der Waals surface area contributed by atoms with Gasteiger partial charge in [0.2, 0.25) is 5.78 Å². The molecular formula is C16H12BrNO2S. The number of aryl methyl sites for hydroxylation is 1. The molecule has 5 heteroatoms. The van der Waals surface area contributed by atoms with E-state index in [0.29, 0.717) is 10.6 Å². The summed E-state index contributed by atoms with van der Waals surface area (Å²) < 4.78 is 6.50. The maximum absolute atomic E-state index is 12.1. The number of hydrogen-bond acceptors (Lipinski definition) is 4. The van der Waals surface area contributed by atoms with Gasteiger partial charge >= 0.3 is 0 Å². The molecule has 0 aliphatic rings. The molecule has 0 aliphatic carbocycles. The number of benzene rings is 1. The first-order valence-corrected chi connectivity index (χ1v) is 8.08. The Hall–Kier alpha value is -1.72. The number of nitrogens with zero attached hydrogens (tertiary/aromatic N) is 1. The van der Waals surface area contributed by atoms with E-state index in [4.69, 9.17) is 4.74 Å². The van der Waals surface area contributed by atoms with Crippen molar-refractivity contribution >= 4 is 44.0 Å². The number of rotatable bonds is 4. The third-order valence-electron chi connectivity index (χ3n) is 3.05. The van der Waals surface area contributed by atoms with Crippen LogP contribution in [0, 0.1) is 6.92 Å². The molecule has 0 spiro atoms. The molecule has 0 saturated carbocycles. The number of aromatic nitrogens is 1. The lowest BCUT2D eigenvalue weighted by Gasteiger charge is -2.08. The van der Waals surface area contributed by atoms with Crippen LogP contribution in [0.5, 0.6) is 5.75 Å². The summed E-state index contributed by atoms with van der Waals surface area (Å²) in [5.74, 6) is 0.596. The molecule has 1 aromatic carbocycles. The number of carbonyl (C=O) groups excluding carboxylic acids is 1. The van der Waals surface area contributed by atoms with E-state index < -0.39 is 0 Å². The van der Waals surface area contributed by atoms with E-state index in [1.165, 1.54) is 11.3 Å². The van der Waals surface area contributed by atoms with Gasteiger partial charge in [0.25, 0.3) is 0 Å². The highest BCUT2D eigenvalue weighted by molar-refractivity contribution is 9.10. The van der Waals surface area contributed by atoms with Crippen LogP contribution in [0.3, 0.4) is 0 Å². The maximum atomic E-state index is 12.1. The van der Waals surface area contributed by atoms with Crippen molar-refractivity contribution in [2.45, 2.75) is 6.92 Å². The molecule has 0 radical (unpaired) electrons. The van der Waals surface area contributed by atoms with Crippen molar-refractivity contribution in [3.05, 3.63) is 56.8 Å². The van der Waals surface area contributed by atoms with Gasteiger partial charge in [-0.1, -0.05) is 18.2 Å². The fourth-order valence-corrected chi connectivity index (χ4v) is 3.56. The zero-order valence-electron chi connectivity index (χ0n) is 11.3. The van der Waals surface area contributed by atoms with Crippen molar-refractivity contribution in [3.8, 4) is 5.75 Å². The van der Waals surface area contributed by atoms with Crippen LogP contribution in [-0.4, -0.2) is 17.4 Å². The first-order chi connectivity index (χ1) is 10.1. The van der Waals surface area contributed by atoms with Crippen LogP contribution in [0.25, 0.3) is 10.9 Å². The van der Waals surface area contributed by atoms with Gasteiger partial charge < -0.3 is 4.74 Å². The van der Waals surface area contributed by atoms with Crippen LogP contribution in [0.1, 0.15) is 15.4 Å². The first-order valence-electron chi connectivity index (χ1n) is 6.40. The van der Waals surface area contributed by atoms with Gasteiger partial charge in [-0.15, -0.1) is 11.3 Å². The molecule has 0 fully saturated rings. The number of fused-ring (bicyclic) bond motifs is 1. The number of ketones is 1. The predicted octanol–water partition coefficient (Wildman–Crippen LogP) is 4.63. The average molecular weight is 362 g/mol. The van der Waals surface area contributed by atoms with Crippen molar-refractivity contribution in [1.29, 1.82) is 0 Å². The normalized spacial score (nSPS) is 10.8. The third kappa shape index (κ3) is 2.99. The van der Waals surface area contributed by atoms with Crippen molar-refractivity contribution in [2.75, 3.05) is 6.61 Å². The fourth-order valence-electron chi connectivity index (χ4n) is 2.04. The molecular weight excluding hydrogens is 350 g/mol. The number of hydrogen-bond donors (Lipinski definition) is 0. The van der Waals surface area contributed by atoms with Crippen LogP contribution >= 0.6 is 27.3 Å². The van der Waals surface area contributed by atoms with E-state index in [1.807, 2.05) is 48.7 Å². The molecule has 3 nitrogen and oxygen atoms in total. The molecule has 0 bridgehead atoms. The highest BCUT2D eigenvalue weighted by Crippen LogP contribution is 2.26. The van der Waals surface area contributed by atoms with Gasteiger partial charge in [-0.25, -0.2) is 4.98 Å². The number of thiophene rings is 1. The Balaban J connectivity index is 1.84. The van der Waals surface area contributed by atoms with E-state index >= 15 is 0 Å². The van der Waals surface area contributed by atoms with E-state index in [1.54, 1.807) is 0 Å². The molecule has 0 saturated heterocycles. The van der Waals surface area contributed by atoms with Crippen molar-refractivity contribution < 1.29 is 9.53 Å². The topological polar surface area (TPSA) is 39.2 Å². The van der Waals surface area contributed by atoms with Crippen LogP contribution in [0.4, 0.5) is 0 Å². The molecule has 0 unspecified atom stereocenters. The SMILES string of the molecule is Cc1ccc2cccc(OCC(=O)c3sccc3Br)c2n1. The molecule has 0 aliphatic heterocycles. The molecule has 2 aromatic heterocycles. The van der Waals surface area contributed by atoms with Gasteiger partial charge in [0.15, 0.2) is 6.61 Å². The standard InChI is InChI=1S/C16H12BrNO2S/c1-10-5-6-11-3-2-4-14(15(11)18-10)20-9-13(19)16-12(17)7-8-21-16/h2-8H,9H2,1H3. The van der Waals surface area contributed by atoms with Gasteiger partial charge in [-0.2, -0.15) is 0 Å². The van der Waals surface area contributed by atoms with E-state index in [9.17, 15) is 4.79 Å². The Morgan fingerprint density at radius 3 is 2.90 bits per heavy atom. The Morgan fingerprint density at radius 2 is 2.14 bits per heavy atom. The number of ether oxygens (including phenoxy) is 1. The predicted molar refractivity (Wildman–Crippen MR) is 88.3 cm³/mol. The van der Waals surface area contributed by atoms with E-state index in [0.717, 1.165) is 21.1 Å². The Kier molecular flexibility index (Phi) is 4.03. The molecule has 21 heavy (non-hydrogen) atoms. The van der Waals surface area contributed by atoms with Crippen LogP contribution in [-0.2, 0) is 0 Å². The maximum Gasteiger partial charge on any atom is 0.211 e. The van der Waals surface area contributed by atoms with Crippen LogP contribution in [0.2, 0.25) is 0 Å². The molecule has 0 amide bonds. The van der Waals surface area contributed by atoms with E-state index in [-0.39, 0.29) is 12.4 Å². The Labute approximate surface area is 134 Å². The quantitative estimate of drug-likeness (QED) is 0.636. The van der Waals surface area contributed by atoms with Crippen LogP contribution < -0.4 is 4.74 Å². The summed E-state index contributed by atoms with van der Waals surface area (Å²) >= 11 is 4.77. The zero-order valence-corrected chi connectivity index (χ0v) is 13.7. The summed E-state index contributed by atoms with van der Waals surface area (Å²) in [7, 11) is 0. The minimum atomic E-state index is -0.0402. The van der Waals surface area contributed by atoms with E-state index in [2.05, 4.69) is 20.9 Å². The molecule has 0 atom stereocenters. The van der Waals surface area contributed by atoms with Crippen molar-refractivity contribution in [3.63, 3.8) is 0 Å². The minimum absolute atomic E-state index is 0.00779. The molecule has 0 N–H and O–H groups in total.